The van der Waals surface area contributed by atoms with Crippen molar-refractivity contribution in [3.05, 3.63) is 35.0 Å². The molecule has 0 atom stereocenters. The summed E-state index contributed by atoms with van der Waals surface area (Å²) in [6, 6.07) is 7.19. The molecule has 0 unspecified atom stereocenters. The Morgan fingerprint density at radius 1 is 1.25 bits per heavy atom. The normalized spacial score (nSPS) is 14.2. The van der Waals surface area contributed by atoms with E-state index < -0.39 is 11.9 Å². The monoisotopic (exact) mass is 425 g/mol. The third-order valence-electron chi connectivity index (χ3n) is 4.34. The van der Waals surface area contributed by atoms with E-state index in [1.54, 1.807) is 19.1 Å². The molecule has 2 heterocycles. The first-order valence-electron chi connectivity index (χ1n) is 8.98. The lowest BCUT2D eigenvalue weighted by atomic mass is 9.99. The third kappa shape index (κ3) is 5.43. The Morgan fingerprint density at radius 2 is 1.93 bits per heavy atom. The summed E-state index contributed by atoms with van der Waals surface area (Å²) in [5, 5.41) is 4.29. The van der Waals surface area contributed by atoms with Gasteiger partial charge in [-0.25, -0.2) is 9.78 Å². The van der Waals surface area contributed by atoms with Gasteiger partial charge >= 0.3 is 5.97 Å². The van der Waals surface area contributed by atoms with Crippen LogP contribution in [-0.2, 0) is 9.53 Å². The molecule has 7 nitrogen and oxygen atoms in total. The van der Waals surface area contributed by atoms with Gasteiger partial charge in [-0.1, -0.05) is 0 Å². The van der Waals surface area contributed by atoms with E-state index in [1.807, 2.05) is 12.1 Å². The number of carbonyl (C=O) groups excluding carboxylic acids is 2. The number of nitrogens with one attached hydrogen (secondary N) is 1. The average Bonchev–Trinajstić information content (AvgIpc) is 3.13. The Balaban J connectivity index is 0.00000280. The zero-order valence-electron chi connectivity index (χ0n) is 15.6. The van der Waals surface area contributed by atoms with Crippen molar-refractivity contribution in [1.82, 2.24) is 10.3 Å². The number of aromatic nitrogens is 1. The van der Waals surface area contributed by atoms with Crippen LogP contribution in [0.2, 0.25) is 0 Å². The standard InChI is InChI=1S/C19H23N3O4S.ClH/c1-2-25-15(23)11-26-14-5-3-12(4-6-14)17-16(18(20)24)22-19(27-17)13-7-9-21-10-8-13;/h3-6,13,21H,2,7-11H2,1H3,(H2,20,24);1H. The Kier molecular flexibility index (Phi) is 8.22. The molecule has 1 amide bonds. The van der Waals surface area contributed by atoms with E-state index in [2.05, 4.69) is 10.3 Å². The molecule has 9 heteroatoms. The summed E-state index contributed by atoms with van der Waals surface area (Å²) in [5.74, 6) is -0.0264. The average molecular weight is 426 g/mol. The largest absolute Gasteiger partial charge is 0.482 e. The van der Waals surface area contributed by atoms with Gasteiger partial charge in [0.05, 0.1) is 16.5 Å². The molecule has 1 fully saturated rings. The predicted octanol–water partition coefficient (Wildman–Crippen LogP) is 2.74. The summed E-state index contributed by atoms with van der Waals surface area (Å²) in [6.07, 6.45) is 2.01. The Bertz CT molecular complexity index is 804. The second kappa shape index (κ2) is 10.4. The third-order valence-corrected chi connectivity index (χ3v) is 5.61. The maximum Gasteiger partial charge on any atom is 0.344 e. The molecular formula is C19H24ClN3O4S. The van der Waals surface area contributed by atoms with E-state index in [4.69, 9.17) is 15.2 Å². The van der Waals surface area contributed by atoms with Crippen LogP contribution in [-0.4, -0.2) is 43.2 Å². The van der Waals surface area contributed by atoms with Crippen LogP contribution in [0.5, 0.6) is 5.75 Å². The van der Waals surface area contributed by atoms with Gasteiger partial charge in [0.1, 0.15) is 11.4 Å². The second-order valence-corrected chi connectivity index (χ2v) is 7.27. The first-order chi connectivity index (χ1) is 13.1. The van der Waals surface area contributed by atoms with Crippen molar-refractivity contribution in [2.45, 2.75) is 25.7 Å². The van der Waals surface area contributed by atoms with Crippen molar-refractivity contribution in [2.24, 2.45) is 5.73 Å². The molecule has 1 aliphatic heterocycles. The van der Waals surface area contributed by atoms with E-state index >= 15 is 0 Å². The van der Waals surface area contributed by atoms with Crippen molar-refractivity contribution in [1.29, 1.82) is 0 Å². The van der Waals surface area contributed by atoms with E-state index in [-0.39, 0.29) is 19.0 Å². The topological polar surface area (TPSA) is 104 Å². The number of nitrogens with two attached hydrogens (primary N) is 1. The minimum absolute atomic E-state index is 0. The molecule has 1 aromatic carbocycles. The fourth-order valence-electron chi connectivity index (χ4n) is 2.99. The van der Waals surface area contributed by atoms with E-state index in [9.17, 15) is 9.59 Å². The van der Waals surface area contributed by atoms with Crippen LogP contribution in [0.4, 0.5) is 0 Å². The van der Waals surface area contributed by atoms with Crippen molar-refractivity contribution < 1.29 is 19.1 Å². The molecule has 0 saturated carbocycles. The highest BCUT2D eigenvalue weighted by molar-refractivity contribution is 7.15. The molecular weight excluding hydrogens is 402 g/mol. The zero-order chi connectivity index (χ0) is 19.2. The molecule has 0 bridgehead atoms. The first-order valence-corrected chi connectivity index (χ1v) is 9.80. The van der Waals surface area contributed by atoms with E-state index in [1.165, 1.54) is 11.3 Å². The first kappa shape index (κ1) is 22.1. The summed E-state index contributed by atoms with van der Waals surface area (Å²) < 4.78 is 10.2. The van der Waals surface area contributed by atoms with Crippen molar-refractivity contribution >= 4 is 35.6 Å². The molecule has 28 heavy (non-hydrogen) atoms. The smallest absolute Gasteiger partial charge is 0.344 e. The maximum atomic E-state index is 11.9. The highest BCUT2D eigenvalue weighted by atomic mass is 35.5. The molecule has 1 aliphatic rings. The number of benzene rings is 1. The summed E-state index contributed by atoms with van der Waals surface area (Å²) in [7, 11) is 0. The van der Waals surface area contributed by atoms with Crippen LogP contribution >= 0.6 is 23.7 Å². The SMILES string of the molecule is CCOC(=O)COc1ccc(-c2sc(C3CCNCC3)nc2C(N)=O)cc1.Cl. The van der Waals surface area contributed by atoms with Gasteiger partial charge in [-0.2, -0.15) is 0 Å². The van der Waals surface area contributed by atoms with Crippen LogP contribution < -0.4 is 15.8 Å². The van der Waals surface area contributed by atoms with E-state index in [0.29, 0.717) is 24.0 Å². The number of esters is 1. The fraction of sp³-hybridized carbons (Fsp3) is 0.421. The molecule has 2 aromatic rings. The van der Waals surface area contributed by atoms with Gasteiger partial charge in [-0.05, 0) is 62.7 Å². The summed E-state index contributed by atoms with van der Waals surface area (Å²) in [6.45, 7) is 3.84. The summed E-state index contributed by atoms with van der Waals surface area (Å²) in [5.41, 5.74) is 6.72. The van der Waals surface area contributed by atoms with Gasteiger partial charge in [0.2, 0.25) is 0 Å². The quantitative estimate of drug-likeness (QED) is 0.661. The fourth-order valence-corrected chi connectivity index (χ4v) is 4.24. The number of ether oxygens (including phenoxy) is 2. The Labute approximate surface area is 174 Å². The maximum absolute atomic E-state index is 11.9. The van der Waals surface area contributed by atoms with Crippen LogP contribution in [0.3, 0.4) is 0 Å². The highest BCUT2D eigenvalue weighted by Gasteiger charge is 2.24. The lowest BCUT2D eigenvalue weighted by Crippen LogP contribution is -2.26. The minimum atomic E-state index is -0.524. The summed E-state index contributed by atoms with van der Waals surface area (Å²) >= 11 is 1.52. The number of thiazole rings is 1. The van der Waals surface area contributed by atoms with Gasteiger partial charge < -0.3 is 20.5 Å². The number of amides is 1. The van der Waals surface area contributed by atoms with E-state index in [0.717, 1.165) is 41.4 Å². The predicted molar refractivity (Wildman–Crippen MR) is 110 cm³/mol. The number of primary amides is 1. The molecule has 3 rings (SSSR count). The van der Waals surface area contributed by atoms with Crippen LogP contribution in [0.15, 0.2) is 24.3 Å². The van der Waals surface area contributed by atoms with Crippen LogP contribution in [0, 0.1) is 0 Å². The highest BCUT2D eigenvalue weighted by Crippen LogP contribution is 2.37. The number of carbonyl (C=O) groups is 2. The number of halogens is 1. The molecule has 0 spiro atoms. The minimum Gasteiger partial charge on any atom is -0.482 e. The summed E-state index contributed by atoms with van der Waals surface area (Å²) in [4.78, 5) is 28.6. The molecule has 3 N–H and O–H groups in total. The van der Waals surface area contributed by atoms with Crippen LogP contribution in [0.1, 0.15) is 41.2 Å². The van der Waals surface area contributed by atoms with Gasteiger partial charge in [-0.3, -0.25) is 4.79 Å². The van der Waals surface area contributed by atoms with Crippen molar-refractivity contribution in [3.63, 3.8) is 0 Å². The number of rotatable bonds is 7. The number of hydrogen-bond donors (Lipinski definition) is 2. The Morgan fingerprint density at radius 3 is 2.54 bits per heavy atom. The van der Waals surface area contributed by atoms with Gasteiger partial charge in [0.15, 0.2) is 6.61 Å². The molecule has 0 aliphatic carbocycles. The number of hydrogen-bond acceptors (Lipinski definition) is 7. The molecule has 1 aromatic heterocycles. The van der Waals surface area contributed by atoms with Gasteiger partial charge in [0.25, 0.3) is 5.91 Å². The lowest BCUT2D eigenvalue weighted by Gasteiger charge is -2.20. The molecule has 1 saturated heterocycles. The zero-order valence-corrected chi connectivity index (χ0v) is 17.2. The van der Waals surface area contributed by atoms with Crippen LogP contribution in [0.25, 0.3) is 10.4 Å². The molecule has 152 valence electrons. The van der Waals surface area contributed by atoms with Gasteiger partial charge in [0, 0.05) is 5.92 Å². The molecule has 0 radical (unpaired) electrons. The number of nitrogens with zero attached hydrogens (tertiary/aromatic N) is 1. The van der Waals surface area contributed by atoms with Crippen molar-refractivity contribution in [3.8, 4) is 16.2 Å². The van der Waals surface area contributed by atoms with Gasteiger partial charge in [-0.15, -0.1) is 23.7 Å². The van der Waals surface area contributed by atoms with Crippen molar-refractivity contribution in [2.75, 3.05) is 26.3 Å². The lowest BCUT2D eigenvalue weighted by molar-refractivity contribution is -0.145. The Hall–Kier alpha value is -2.16. The second-order valence-electron chi connectivity index (χ2n) is 6.24. The number of piperidine rings is 1.